The van der Waals surface area contributed by atoms with Crippen LogP contribution in [0.1, 0.15) is 61.0 Å². The predicted molar refractivity (Wildman–Crippen MR) is 148 cm³/mol. The highest BCUT2D eigenvalue weighted by Crippen LogP contribution is 2.31. The van der Waals surface area contributed by atoms with Gasteiger partial charge in [-0.2, -0.15) is 0 Å². The van der Waals surface area contributed by atoms with Crippen molar-refractivity contribution in [1.29, 1.82) is 0 Å². The number of benzene rings is 2. The number of carbonyl (C=O) groups is 3. The molecule has 37 heavy (non-hydrogen) atoms. The monoisotopic (exact) mass is 521 g/mol. The molecule has 1 heterocycles. The van der Waals surface area contributed by atoms with Crippen molar-refractivity contribution in [2.45, 2.75) is 52.1 Å². The Bertz CT molecular complexity index is 1210. The quantitative estimate of drug-likeness (QED) is 0.366. The van der Waals surface area contributed by atoms with E-state index in [-0.39, 0.29) is 18.4 Å². The summed E-state index contributed by atoms with van der Waals surface area (Å²) in [6.45, 7) is 7.66. The number of aryl methyl sites for hydroxylation is 1. The fourth-order valence-corrected chi connectivity index (χ4v) is 4.42. The maximum atomic E-state index is 13.9. The molecule has 196 valence electrons. The van der Waals surface area contributed by atoms with Crippen molar-refractivity contribution < 1.29 is 19.1 Å². The van der Waals surface area contributed by atoms with E-state index >= 15 is 0 Å². The lowest BCUT2D eigenvalue weighted by Crippen LogP contribution is -2.52. The molecule has 7 nitrogen and oxygen atoms in total. The van der Waals surface area contributed by atoms with Gasteiger partial charge < -0.3 is 15.4 Å². The summed E-state index contributed by atoms with van der Waals surface area (Å²) in [6, 6.07) is 17.2. The first-order chi connectivity index (χ1) is 17.7. The minimum Gasteiger partial charge on any atom is -0.497 e. The summed E-state index contributed by atoms with van der Waals surface area (Å²) < 4.78 is 5.41. The average Bonchev–Trinajstić information content (AvgIpc) is 3.45. The van der Waals surface area contributed by atoms with E-state index in [0.29, 0.717) is 28.3 Å². The van der Waals surface area contributed by atoms with E-state index in [9.17, 15) is 14.4 Å². The molecular formula is C29H35N3O4S. The summed E-state index contributed by atoms with van der Waals surface area (Å²) in [5.74, 6) is -0.493. The molecule has 0 aliphatic heterocycles. The molecule has 1 aromatic heterocycles. The minimum atomic E-state index is -0.987. The lowest BCUT2D eigenvalue weighted by molar-refractivity contribution is -0.127. The zero-order valence-corrected chi connectivity index (χ0v) is 22.9. The van der Waals surface area contributed by atoms with E-state index in [1.54, 1.807) is 48.9 Å². The van der Waals surface area contributed by atoms with Crippen LogP contribution in [0.5, 0.6) is 5.75 Å². The van der Waals surface area contributed by atoms with Gasteiger partial charge in [-0.05, 0) is 73.5 Å². The smallest absolute Gasteiger partial charge is 0.261 e. The molecule has 0 aliphatic rings. The molecule has 0 spiro atoms. The Morgan fingerprint density at radius 2 is 1.76 bits per heavy atom. The van der Waals surface area contributed by atoms with Crippen molar-refractivity contribution in [3.8, 4) is 5.75 Å². The van der Waals surface area contributed by atoms with Crippen molar-refractivity contribution >= 4 is 34.7 Å². The largest absolute Gasteiger partial charge is 0.497 e. The first kappa shape index (κ1) is 27.9. The predicted octanol–water partition coefficient (Wildman–Crippen LogP) is 5.13. The Labute approximate surface area is 222 Å². The van der Waals surface area contributed by atoms with E-state index in [2.05, 4.69) is 17.6 Å². The minimum absolute atomic E-state index is 0.267. The van der Waals surface area contributed by atoms with Gasteiger partial charge in [-0.25, -0.2) is 0 Å². The second kappa shape index (κ2) is 12.5. The number of carbonyl (C=O) groups excluding carboxylic acids is 3. The van der Waals surface area contributed by atoms with Gasteiger partial charge in [0, 0.05) is 11.2 Å². The van der Waals surface area contributed by atoms with Crippen LogP contribution in [0.3, 0.4) is 0 Å². The highest BCUT2D eigenvalue weighted by atomic mass is 32.1. The van der Waals surface area contributed by atoms with Gasteiger partial charge in [0.1, 0.15) is 11.8 Å². The lowest BCUT2D eigenvalue weighted by Gasteiger charge is -2.35. The van der Waals surface area contributed by atoms with Crippen LogP contribution >= 0.6 is 11.3 Å². The number of thiophene rings is 1. The number of ether oxygens (including phenoxy) is 1. The number of amides is 3. The van der Waals surface area contributed by atoms with Crippen molar-refractivity contribution in [3.05, 3.63) is 82.0 Å². The number of nitrogens with one attached hydrogen (secondary N) is 2. The molecule has 0 unspecified atom stereocenters. The molecule has 0 radical (unpaired) electrons. The first-order valence-electron chi connectivity index (χ1n) is 12.4. The third kappa shape index (κ3) is 7.20. The topological polar surface area (TPSA) is 87.7 Å². The van der Waals surface area contributed by atoms with Gasteiger partial charge in [-0.1, -0.05) is 44.2 Å². The van der Waals surface area contributed by atoms with Crippen LogP contribution < -0.4 is 20.3 Å². The molecule has 2 aromatic carbocycles. The highest BCUT2D eigenvalue weighted by molar-refractivity contribution is 7.12. The lowest BCUT2D eigenvalue weighted by atomic mass is 9.98. The van der Waals surface area contributed by atoms with Gasteiger partial charge in [0.05, 0.1) is 18.5 Å². The van der Waals surface area contributed by atoms with Crippen LogP contribution in [0, 0.1) is 0 Å². The summed E-state index contributed by atoms with van der Waals surface area (Å²) in [7, 11) is 1.56. The molecule has 8 heteroatoms. The van der Waals surface area contributed by atoms with E-state index in [0.717, 1.165) is 12.0 Å². The summed E-state index contributed by atoms with van der Waals surface area (Å²) >= 11 is 1.30. The first-order valence-corrected chi connectivity index (χ1v) is 13.3. The number of methoxy groups -OCH3 is 1. The van der Waals surface area contributed by atoms with Gasteiger partial charge in [0.25, 0.3) is 5.91 Å². The van der Waals surface area contributed by atoms with Gasteiger partial charge in [0.15, 0.2) is 0 Å². The number of hydrogen-bond donors (Lipinski definition) is 2. The highest BCUT2D eigenvalue weighted by Gasteiger charge is 2.35. The van der Waals surface area contributed by atoms with Crippen LogP contribution in [-0.2, 0) is 16.0 Å². The standard InChI is InChI=1S/C29H35N3O4S/c1-6-20-13-15-22(16-14-20)32(25(33)19-30-27(34)24-12-9-17-37-24)26(28(35)31-29(3,4)7-2)21-10-8-11-23(18-21)36-5/h8-18,26H,6-7,19H2,1-5H3,(H,30,34)(H,31,35)/t26-/m0/s1. The Kier molecular flexibility index (Phi) is 9.47. The maximum Gasteiger partial charge on any atom is 0.261 e. The fourth-order valence-electron chi connectivity index (χ4n) is 3.78. The van der Waals surface area contributed by atoms with E-state index in [1.807, 2.05) is 45.0 Å². The normalized spacial score (nSPS) is 11.9. The van der Waals surface area contributed by atoms with E-state index in [4.69, 9.17) is 4.74 Å². The second-order valence-corrected chi connectivity index (χ2v) is 10.3. The van der Waals surface area contributed by atoms with Crippen LogP contribution in [0.4, 0.5) is 5.69 Å². The van der Waals surface area contributed by atoms with Crippen LogP contribution in [0.2, 0.25) is 0 Å². The fraction of sp³-hybridized carbons (Fsp3) is 0.345. The van der Waals surface area contributed by atoms with Crippen LogP contribution in [0.15, 0.2) is 66.0 Å². The summed E-state index contributed by atoms with van der Waals surface area (Å²) in [5, 5.41) is 7.61. The molecule has 3 rings (SSSR count). The number of rotatable bonds is 11. The van der Waals surface area contributed by atoms with Crippen molar-refractivity contribution in [1.82, 2.24) is 10.6 Å². The maximum absolute atomic E-state index is 13.9. The molecule has 3 aromatic rings. The number of hydrogen-bond acceptors (Lipinski definition) is 5. The summed E-state index contributed by atoms with van der Waals surface area (Å²) in [4.78, 5) is 42.2. The van der Waals surface area contributed by atoms with Gasteiger partial charge in [0.2, 0.25) is 11.8 Å². The summed E-state index contributed by atoms with van der Waals surface area (Å²) in [5.41, 5.74) is 1.78. The third-order valence-corrected chi connectivity index (χ3v) is 7.17. The third-order valence-electron chi connectivity index (χ3n) is 6.30. The SMILES string of the molecule is CCc1ccc(N(C(=O)CNC(=O)c2cccs2)[C@H](C(=O)NC(C)(C)CC)c2cccc(OC)c2)cc1. The molecule has 0 fully saturated rings. The Morgan fingerprint density at radius 1 is 1.03 bits per heavy atom. The molecular weight excluding hydrogens is 486 g/mol. The Balaban J connectivity index is 2.06. The molecule has 2 N–H and O–H groups in total. The van der Waals surface area contributed by atoms with Crippen LogP contribution in [-0.4, -0.2) is 36.9 Å². The van der Waals surface area contributed by atoms with Crippen LogP contribution in [0.25, 0.3) is 0 Å². The molecule has 3 amide bonds. The summed E-state index contributed by atoms with van der Waals surface area (Å²) in [6.07, 6.45) is 1.55. The number of nitrogens with zero attached hydrogens (tertiary/aromatic N) is 1. The molecule has 0 saturated heterocycles. The molecule has 1 atom stereocenters. The average molecular weight is 522 g/mol. The molecule has 0 aliphatic carbocycles. The van der Waals surface area contributed by atoms with Crippen molar-refractivity contribution in [3.63, 3.8) is 0 Å². The Hall–Kier alpha value is -3.65. The zero-order valence-electron chi connectivity index (χ0n) is 22.0. The van der Waals surface area contributed by atoms with Crippen molar-refractivity contribution in [2.24, 2.45) is 0 Å². The number of anilines is 1. The van der Waals surface area contributed by atoms with Gasteiger partial charge in [-0.3, -0.25) is 19.3 Å². The Morgan fingerprint density at radius 3 is 2.35 bits per heavy atom. The second-order valence-electron chi connectivity index (χ2n) is 9.35. The molecule has 0 saturated carbocycles. The van der Waals surface area contributed by atoms with Gasteiger partial charge >= 0.3 is 0 Å². The van der Waals surface area contributed by atoms with E-state index < -0.39 is 17.5 Å². The zero-order chi connectivity index (χ0) is 27.0. The molecule has 0 bridgehead atoms. The van der Waals surface area contributed by atoms with Crippen molar-refractivity contribution in [2.75, 3.05) is 18.6 Å². The van der Waals surface area contributed by atoms with E-state index in [1.165, 1.54) is 16.2 Å². The van der Waals surface area contributed by atoms with Gasteiger partial charge in [-0.15, -0.1) is 11.3 Å².